The number of hydrogen-bond donors (Lipinski definition) is 1. The van der Waals surface area contributed by atoms with Crippen LogP contribution in [0.5, 0.6) is 0 Å². The molecule has 1 unspecified atom stereocenters. The van der Waals surface area contributed by atoms with Crippen molar-refractivity contribution in [2.24, 2.45) is 0 Å². The maximum absolute atomic E-state index is 6.43. The Morgan fingerprint density at radius 2 is 2.15 bits per heavy atom. The Kier molecular flexibility index (Phi) is 6.08. The smallest absolute Gasteiger partial charge is 0.0456 e. The van der Waals surface area contributed by atoms with E-state index < -0.39 is 0 Å². The van der Waals surface area contributed by atoms with Crippen LogP contribution in [0.4, 0.5) is 0 Å². The summed E-state index contributed by atoms with van der Waals surface area (Å²) in [5, 5.41) is 8.88. The third kappa shape index (κ3) is 4.34. The Bertz CT molecular complexity index is 522. The lowest BCUT2D eigenvalue weighted by molar-refractivity contribution is 0.499. The molecular weight excluding hydrogens is 286 g/mol. The summed E-state index contributed by atoms with van der Waals surface area (Å²) in [6, 6.07) is 8.91. The fraction of sp³-hybridized carbons (Fsp3) is 0.412. The van der Waals surface area contributed by atoms with Crippen molar-refractivity contribution in [2.45, 2.75) is 39.2 Å². The van der Waals surface area contributed by atoms with E-state index in [0.29, 0.717) is 6.04 Å². The van der Waals surface area contributed by atoms with Crippen LogP contribution in [-0.2, 0) is 6.42 Å². The molecule has 0 aliphatic rings. The first-order chi connectivity index (χ1) is 9.70. The highest BCUT2D eigenvalue weighted by Gasteiger charge is 2.14. The first-order valence-corrected chi connectivity index (χ1v) is 8.53. The second kappa shape index (κ2) is 7.82. The Labute approximate surface area is 131 Å². The van der Waals surface area contributed by atoms with E-state index in [2.05, 4.69) is 54.2 Å². The second-order valence-corrected chi connectivity index (χ2v) is 6.39. The zero-order valence-corrected chi connectivity index (χ0v) is 13.7. The Morgan fingerprint density at radius 3 is 2.80 bits per heavy atom. The lowest BCUT2D eigenvalue weighted by Crippen LogP contribution is -2.23. The summed E-state index contributed by atoms with van der Waals surface area (Å²) >= 11 is 8.19. The third-order valence-electron chi connectivity index (χ3n) is 3.47. The third-order valence-corrected chi connectivity index (χ3v) is 4.53. The Balaban J connectivity index is 2.09. The van der Waals surface area contributed by atoms with Crippen molar-refractivity contribution in [3.8, 4) is 0 Å². The summed E-state index contributed by atoms with van der Waals surface area (Å²) in [4.78, 5) is 0. The zero-order chi connectivity index (χ0) is 14.4. The largest absolute Gasteiger partial charge is 0.310 e. The number of rotatable bonds is 7. The molecule has 1 aromatic heterocycles. The minimum atomic E-state index is 0.336. The van der Waals surface area contributed by atoms with E-state index in [-0.39, 0.29) is 0 Å². The molecule has 0 radical (unpaired) electrons. The lowest BCUT2D eigenvalue weighted by Gasteiger charge is -2.20. The monoisotopic (exact) mass is 307 g/mol. The van der Waals surface area contributed by atoms with Gasteiger partial charge in [-0.25, -0.2) is 0 Å². The molecule has 1 heterocycles. The molecule has 3 heteroatoms. The summed E-state index contributed by atoms with van der Waals surface area (Å²) in [6.45, 7) is 5.30. The Hall–Kier alpha value is -0.830. The van der Waals surface area contributed by atoms with Gasteiger partial charge in [0.15, 0.2) is 0 Å². The van der Waals surface area contributed by atoms with Crippen molar-refractivity contribution in [3.63, 3.8) is 0 Å². The highest BCUT2D eigenvalue weighted by molar-refractivity contribution is 7.07. The normalized spacial score (nSPS) is 12.6. The molecule has 0 bridgehead atoms. The number of nitrogens with one attached hydrogen (secondary N) is 1. The molecule has 20 heavy (non-hydrogen) atoms. The summed E-state index contributed by atoms with van der Waals surface area (Å²) in [7, 11) is 0. The van der Waals surface area contributed by atoms with E-state index in [0.717, 1.165) is 30.8 Å². The van der Waals surface area contributed by atoms with Gasteiger partial charge in [-0.2, -0.15) is 11.3 Å². The zero-order valence-electron chi connectivity index (χ0n) is 12.2. The van der Waals surface area contributed by atoms with Crippen molar-refractivity contribution in [1.82, 2.24) is 5.32 Å². The maximum atomic E-state index is 6.43. The van der Waals surface area contributed by atoms with E-state index in [1.165, 1.54) is 16.7 Å². The maximum Gasteiger partial charge on any atom is 0.0456 e. The summed E-state index contributed by atoms with van der Waals surface area (Å²) in [6.07, 6.45) is 3.31. The standard InChI is InChI=1S/C17H22ClNS/c1-3-9-19-17(7-5-14-8-10-20-12-14)15-6-4-13(2)11-16(15)18/h4,6,8,10-12,17,19H,3,5,7,9H2,1-2H3. The van der Waals surface area contributed by atoms with Gasteiger partial charge >= 0.3 is 0 Å². The first-order valence-electron chi connectivity index (χ1n) is 7.21. The molecular formula is C17H22ClNS. The number of thiophene rings is 1. The van der Waals surface area contributed by atoms with Crippen LogP contribution in [0.15, 0.2) is 35.0 Å². The van der Waals surface area contributed by atoms with Gasteiger partial charge in [-0.05, 0) is 72.3 Å². The molecule has 0 saturated carbocycles. The first kappa shape index (κ1) is 15.6. The van der Waals surface area contributed by atoms with Crippen LogP contribution in [0.3, 0.4) is 0 Å². The predicted molar refractivity (Wildman–Crippen MR) is 89.9 cm³/mol. The molecule has 1 aromatic carbocycles. The number of benzene rings is 1. The highest BCUT2D eigenvalue weighted by atomic mass is 35.5. The molecule has 2 aromatic rings. The van der Waals surface area contributed by atoms with Crippen molar-refractivity contribution in [2.75, 3.05) is 6.54 Å². The molecule has 0 amide bonds. The predicted octanol–water partition coefficient (Wildman–Crippen LogP) is 5.38. The fourth-order valence-electron chi connectivity index (χ4n) is 2.35. The van der Waals surface area contributed by atoms with Crippen LogP contribution >= 0.6 is 22.9 Å². The molecule has 1 nitrogen and oxygen atoms in total. The molecule has 0 saturated heterocycles. The van der Waals surface area contributed by atoms with Crippen molar-refractivity contribution in [3.05, 3.63) is 56.7 Å². The van der Waals surface area contributed by atoms with Crippen molar-refractivity contribution >= 4 is 22.9 Å². The average molecular weight is 308 g/mol. The average Bonchev–Trinajstić information content (AvgIpc) is 2.93. The van der Waals surface area contributed by atoms with Crippen LogP contribution < -0.4 is 5.32 Å². The Morgan fingerprint density at radius 1 is 1.30 bits per heavy atom. The van der Waals surface area contributed by atoms with Crippen molar-refractivity contribution < 1.29 is 0 Å². The van der Waals surface area contributed by atoms with Crippen LogP contribution in [0.1, 0.15) is 42.5 Å². The fourth-order valence-corrected chi connectivity index (χ4v) is 3.42. The van der Waals surface area contributed by atoms with Gasteiger partial charge < -0.3 is 5.32 Å². The number of halogens is 1. The van der Waals surface area contributed by atoms with E-state index >= 15 is 0 Å². The quantitative estimate of drug-likeness (QED) is 0.723. The second-order valence-electron chi connectivity index (χ2n) is 5.20. The van der Waals surface area contributed by atoms with E-state index in [1.54, 1.807) is 11.3 Å². The summed E-state index contributed by atoms with van der Waals surface area (Å²) < 4.78 is 0. The molecule has 1 atom stereocenters. The molecule has 0 aliphatic heterocycles. The molecule has 0 fully saturated rings. The lowest BCUT2D eigenvalue weighted by atomic mass is 9.99. The van der Waals surface area contributed by atoms with Gasteiger partial charge in [0.2, 0.25) is 0 Å². The SMILES string of the molecule is CCCNC(CCc1ccsc1)c1ccc(C)cc1Cl. The van der Waals surface area contributed by atoms with Gasteiger partial charge in [-0.1, -0.05) is 30.7 Å². The summed E-state index contributed by atoms with van der Waals surface area (Å²) in [5.74, 6) is 0. The molecule has 0 spiro atoms. The van der Waals surface area contributed by atoms with Crippen LogP contribution in [0.2, 0.25) is 5.02 Å². The van der Waals surface area contributed by atoms with Crippen LogP contribution in [-0.4, -0.2) is 6.54 Å². The number of hydrogen-bond acceptors (Lipinski definition) is 2. The van der Waals surface area contributed by atoms with Crippen molar-refractivity contribution in [1.29, 1.82) is 0 Å². The minimum Gasteiger partial charge on any atom is -0.310 e. The number of aryl methyl sites for hydroxylation is 2. The summed E-state index contributed by atoms with van der Waals surface area (Å²) in [5.41, 5.74) is 3.85. The molecule has 0 aliphatic carbocycles. The van der Waals surface area contributed by atoms with Gasteiger partial charge in [-0.15, -0.1) is 0 Å². The van der Waals surface area contributed by atoms with Gasteiger partial charge in [-0.3, -0.25) is 0 Å². The van der Waals surface area contributed by atoms with E-state index in [4.69, 9.17) is 11.6 Å². The molecule has 2 rings (SSSR count). The van der Waals surface area contributed by atoms with Gasteiger partial charge in [0.25, 0.3) is 0 Å². The van der Waals surface area contributed by atoms with Gasteiger partial charge in [0, 0.05) is 11.1 Å². The molecule has 1 N–H and O–H groups in total. The van der Waals surface area contributed by atoms with Crippen LogP contribution in [0, 0.1) is 6.92 Å². The van der Waals surface area contributed by atoms with Gasteiger partial charge in [0.1, 0.15) is 0 Å². The minimum absolute atomic E-state index is 0.336. The van der Waals surface area contributed by atoms with E-state index in [1.807, 2.05) is 0 Å². The highest BCUT2D eigenvalue weighted by Crippen LogP contribution is 2.27. The van der Waals surface area contributed by atoms with Gasteiger partial charge in [0.05, 0.1) is 0 Å². The van der Waals surface area contributed by atoms with E-state index in [9.17, 15) is 0 Å². The van der Waals surface area contributed by atoms with Crippen LogP contribution in [0.25, 0.3) is 0 Å². The molecule has 108 valence electrons. The topological polar surface area (TPSA) is 12.0 Å².